The molecule has 1 amide bonds. The number of carbonyl (C=O) groups is 1. The van der Waals surface area contributed by atoms with Gasteiger partial charge in [0.25, 0.3) is 0 Å². The lowest BCUT2D eigenvalue weighted by Gasteiger charge is -2.13. The van der Waals surface area contributed by atoms with E-state index >= 15 is 0 Å². The van der Waals surface area contributed by atoms with E-state index in [2.05, 4.69) is 15.6 Å². The van der Waals surface area contributed by atoms with Crippen molar-refractivity contribution < 1.29 is 14.3 Å². The molecule has 152 valence electrons. The third-order valence-electron chi connectivity index (χ3n) is 4.14. The highest BCUT2D eigenvalue weighted by molar-refractivity contribution is 6.31. The van der Waals surface area contributed by atoms with Crippen molar-refractivity contribution in [2.24, 2.45) is 0 Å². The number of carbonyl (C=O) groups excluding carboxylic acids is 1. The van der Waals surface area contributed by atoms with Gasteiger partial charge < -0.3 is 20.1 Å². The number of aromatic nitrogens is 1. The van der Waals surface area contributed by atoms with Gasteiger partial charge in [-0.2, -0.15) is 0 Å². The van der Waals surface area contributed by atoms with Crippen molar-refractivity contribution in [1.82, 2.24) is 15.6 Å². The number of hydrogen-bond donors (Lipinski definition) is 2. The molecule has 0 atom stereocenters. The van der Waals surface area contributed by atoms with E-state index in [1.807, 2.05) is 54.6 Å². The monoisotopic (exact) mass is 413 g/mol. The predicted molar refractivity (Wildman–Crippen MR) is 115 cm³/mol. The molecule has 0 bridgehead atoms. The van der Waals surface area contributed by atoms with Crippen molar-refractivity contribution in [3.05, 3.63) is 65.2 Å². The molecule has 0 saturated heterocycles. The second-order valence-electron chi connectivity index (χ2n) is 6.46. The highest BCUT2D eigenvalue weighted by Gasteiger charge is 2.09. The highest BCUT2D eigenvalue weighted by atomic mass is 35.5. The quantitative estimate of drug-likeness (QED) is 0.497. The van der Waals surface area contributed by atoms with Crippen LogP contribution in [0.5, 0.6) is 11.6 Å². The smallest absolute Gasteiger partial charge is 0.218 e. The Morgan fingerprint density at radius 2 is 1.83 bits per heavy atom. The normalized spacial score (nSPS) is 10.7. The van der Waals surface area contributed by atoms with Crippen LogP contribution in [0.1, 0.15) is 12.5 Å². The Kier molecular flexibility index (Phi) is 7.67. The van der Waals surface area contributed by atoms with Crippen LogP contribution in [-0.4, -0.2) is 37.2 Å². The number of pyridine rings is 1. The summed E-state index contributed by atoms with van der Waals surface area (Å²) >= 11 is 6.10. The summed E-state index contributed by atoms with van der Waals surface area (Å²) in [5.41, 5.74) is 1.71. The molecule has 1 heterocycles. The SMILES string of the molecule is CC(=O)NCCNCc1cc2ccc(Cl)cc2nc1OCCOc1ccccc1. The molecule has 0 unspecified atom stereocenters. The molecule has 0 spiro atoms. The zero-order valence-corrected chi connectivity index (χ0v) is 17.0. The minimum absolute atomic E-state index is 0.0431. The van der Waals surface area contributed by atoms with E-state index in [-0.39, 0.29) is 5.91 Å². The summed E-state index contributed by atoms with van der Waals surface area (Å²) in [5, 5.41) is 7.67. The summed E-state index contributed by atoms with van der Waals surface area (Å²) in [7, 11) is 0. The van der Waals surface area contributed by atoms with Crippen molar-refractivity contribution in [1.29, 1.82) is 0 Å². The van der Waals surface area contributed by atoms with Crippen LogP contribution in [0.25, 0.3) is 10.9 Å². The largest absolute Gasteiger partial charge is 0.490 e. The van der Waals surface area contributed by atoms with E-state index in [4.69, 9.17) is 21.1 Å². The van der Waals surface area contributed by atoms with Crippen molar-refractivity contribution in [2.45, 2.75) is 13.5 Å². The van der Waals surface area contributed by atoms with Gasteiger partial charge in [0.15, 0.2) is 0 Å². The number of ether oxygens (including phenoxy) is 2. The van der Waals surface area contributed by atoms with Crippen molar-refractivity contribution >= 4 is 28.4 Å². The molecule has 3 aromatic rings. The Bertz CT molecular complexity index is 951. The minimum Gasteiger partial charge on any atom is -0.490 e. The van der Waals surface area contributed by atoms with E-state index in [9.17, 15) is 4.79 Å². The number of fused-ring (bicyclic) bond motifs is 1. The van der Waals surface area contributed by atoms with Gasteiger partial charge in [0.05, 0.1) is 5.52 Å². The first-order valence-corrected chi connectivity index (χ1v) is 9.84. The fourth-order valence-corrected chi connectivity index (χ4v) is 2.95. The van der Waals surface area contributed by atoms with Gasteiger partial charge in [-0.25, -0.2) is 4.98 Å². The molecule has 29 heavy (non-hydrogen) atoms. The second kappa shape index (κ2) is 10.6. The molecule has 0 fully saturated rings. The molecule has 0 radical (unpaired) electrons. The highest BCUT2D eigenvalue weighted by Crippen LogP contribution is 2.25. The summed E-state index contributed by atoms with van der Waals surface area (Å²) in [6.45, 7) is 4.06. The molecule has 2 N–H and O–H groups in total. The third kappa shape index (κ3) is 6.62. The van der Waals surface area contributed by atoms with Gasteiger partial charge in [-0.05, 0) is 30.3 Å². The van der Waals surface area contributed by atoms with Gasteiger partial charge in [-0.1, -0.05) is 35.9 Å². The maximum Gasteiger partial charge on any atom is 0.218 e. The molecule has 7 heteroatoms. The predicted octanol–water partition coefficient (Wildman–Crippen LogP) is 3.57. The molecular weight excluding hydrogens is 390 g/mol. The van der Waals surface area contributed by atoms with Crippen LogP contribution in [0.4, 0.5) is 0 Å². The molecule has 0 aliphatic rings. The number of nitrogens with one attached hydrogen (secondary N) is 2. The van der Waals surface area contributed by atoms with E-state index in [0.29, 0.717) is 43.8 Å². The van der Waals surface area contributed by atoms with Crippen molar-refractivity contribution in [3.63, 3.8) is 0 Å². The van der Waals surface area contributed by atoms with Crippen LogP contribution >= 0.6 is 11.6 Å². The van der Waals surface area contributed by atoms with E-state index in [1.165, 1.54) is 6.92 Å². The van der Waals surface area contributed by atoms with Gasteiger partial charge in [-0.3, -0.25) is 4.79 Å². The first-order chi connectivity index (χ1) is 14.1. The topological polar surface area (TPSA) is 72.5 Å². The van der Waals surface area contributed by atoms with Crippen LogP contribution in [0.3, 0.4) is 0 Å². The molecule has 0 saturated carbocycles. The molecule has 0 aliphatic carbocycles. The lowest BCUT2D eigenvalue weighted by atomic mass is 10.1. The van der Waals surface area contributed by atoms with Gasteiger partial charge >= 0.3 is 0 Å². The third-order valence-corrected chi connectivity index (χ3v) is 4.38. The van der Waals surface area contributed by atoms with Crippen LogP contribution in [0.15, 0.2) is 54.6 Å². The molecular formula is C22H24ClN3O3. The number of halogens is 1. The van der Waals surface area contributed by atoms with E-state index in [0.717, 1.165) is 22.2 Å². The fraction of sp³-hybridized carbons (Fsp3) is 0.273. The number of nitrogens with zero attached hydrogens (tertiary/aromatic N) is 1. The average molecular weight is 414 g/mol. The molecule has 0 aliphatic heterocycles. The Morgan fingerprint density at radius 1 is 1.03 bits per heavy atom. The standard InChI is InChI=1S/C22H24ClN3O3/c1-16(27)25-10-9-24-15-18-13-17-7-8-19(23)14-21(17)26-22(18)29-12-11-28-20-5-3-2-4-6-20/h2-8,13-14,24H,9-12,15H2,1H3,(H,25,27). The Hall–Kier alpha value is -2.83. The number of amides is 1. The average Bonchev–Trinajstić information content (AvgIpc) is 2.71. The van der Waals surface area contributed by atoms with Crippen LogP contribution in [-0.2, 0) is 11.3 Å². The summed E-state index contributed by atoms with van der Waals surface area (Å²) in [6, 6.07) is 17.2. The Morgan fingerprint density at radius 3 is 2.62 bits per heavy atom. The number of hydrogen-bond acceptors (Lipinski definition) is 5. The van der Waals surface area contributed by atoms with Gasteiger partial charge in [-0.15, -0.1) is 0 Å². The summed E-state index contributed by atoms with van der Waals surface area (Å²) in [6.07, 6.45) is 0. The lowest BCUT2D eigenvalue weighted by molar-refractivity contribution is -0.118. The number of rotatable bonds is 10. The van der Waals surface area contributed by atoms with Gasteiger partial charge in [0, 0.05) is 42.5 Å². The Labute approximate surface area is 175 Å². The summed E-state index contributed by atoms with van der Waals surface area (Å²) in [4.78, 5) is 15.6. The lowest BCUT2D eigenvalue weighted by Crippen LogP contribution is -2.30. The molecule has 2 aromatic carbocycles. The molecule has 3 rings (SSSR count). The maximum atomic E-state index is 11.0. The second-order valence-corrected chi connectivity index (χ2v) is 6.90. The maximum absolute atomic E-state index is 11.0. The Balaban J connectivity index is 1.64. The van der Waals surface area contributed by atoms with Crippen molar-refractivity contribution in [2.75, 3.05) is 26.3 Å². The van der Waals surface area contributed by atoms with Crippen LogP contribution < -0.4 is 20.1 Å². The van der Waals surface area contributed by atoms with E-state index in [1.54, 1.807) is 0 Å². The number of para-hydroxylation sites is 1. The molecule has 1 aromatic heterocycles. The zero-order valence-electron chi connectivity index (χ0n) is 16.3. The minimum atomic E-state index is -0.0431. The van der Waals surface area contributed by atoms with Crippen LogP contribution in [0.2, 0.25) is 5.02 Å². The van der Waals surface area contributed by atoms with E-state index < -0.39 is 0 Å². The number of benzene rings is 2. The summed E-state index contributed by atoms with van der Waals surface area (Å²) in [5.74, 6) is 1.30. The van der Waals surface area contributed by atoms with Gasteiger partial charge in [0.2, 0.25) is 11.8 Å². The summed E-state index contributed by atoms with van der Waals surface area (Å²) < 4.78 is 11.6. The molecule has 6 nitrogen and oxygen atoms in total. The zero-order chi connectivity index (χ0) is 20.5. The van der Waals surface area contributed by atoms with Gasteiger partial charge in [0.1, 0.15) is 19.0 Å². The fourth-order valence-electron chi connectivity index (χ4n) is 2.78. The van der Waals surface area contributed by atoms with Crippen LogP contribution in [0, 0.1) is 0 Å². The first-order valence-electron chi connectivity index (χ1n) is 9.47. The van der Waals surface area contributed by atoms with Crippen molar-refractivity contribution in [3.8, 4) is 11.6 Å². The first kappa shape index (κ1) is 20.9.